The Hall–Kier alpha value is -1.10. The summed E-state index contributed by atoms with van der Waals surface area (Å²) in [5, 5.41) is -0.445. The van der Waals surface area contributed by atoms with Crippen molar-refractivity contribution < 1.29 is 13.2 Å². The molecule has 6 heteroatoms. The quantitative estimate of drug-likeness (QED) is 0.647. The molecule has 0 spiro atoms. The van der Waals surface area contributed by atoms with E-state index in [0.29, 0.717) is 0 Å². The molecule has 0 radical (unpaired) electrons. The summed E-state index contributed by atoms with van der Waals surface area (Å²) in [6.07, 6.45) is -4.57. The number of benzene rings is 1. The van der Waals surface area contributed by atoms with Gasteiger partial charge in [-0.25, -0.2) is 0 Å². The van der Waals surface area contributed by atoms with Crippen molar-refractivity contribution in [2.24, 2.45) is 0 Å². The van der Waals surface area contributed by atoms with Crippen LogP contribution >= 0.6 is 11.6 Å². The Balaban J connectivity index is 3.43. The summed E-state index contributed by atoms with van der Waals surface area (Å²) >= 11 is 5.33. The van der Waals surface area contributed by atoms with Crippen LogP contribution in [0.4, 0.5) is 24.5 Å². The zero-order valence-electron chi connectivity index (χ0n) is 6.32. The maximum Gasteiger partial charge on any atom is 0.419 e. The first-order chi connectivity index (χ1) is 5.84. The van der Waals surface area contributed by atoms with Crippen LogP contribution in [0.3, 0.4) is 0 Å². The molecule has 0 saturated carbocycles. The molecule has 13 heavy (non-hydrogen) atoms. The number of alkyl halides is 3. The Labute approximate surface area is 77.3 Å². The zero-order chi connectivity index (χ0) is 10.2. The maximum atomic E-state index is 12.3. The predicted molar refractivity (Wildman–Crippen MR) is 45.3 cm³/mol. The summed E-state index contributed by atoms with van der Waals surface area (Å²) < 4.78 is 36.8. The fourth-order valence-corrected chi connectivity index (χ4v) is 1.17. The Morgan fingerprint density at radius 2 is 1.69 bits per heavy atom. The molecule has 0 fully saturated rings. The third-order valence-corrected chi connectivity index (χ3v) is 1.83. The van der Waals surface area contributed by atoms with Crippen molar-refractivity contribution in [1.29, 1.82) is 0 Å². The molecule has 1 aromatic rings. The van der Waals surface area contributed by atoms with Gasteiger partial charge in [-0.15, -0.1) is 0 Å². The van der Waals surface area contributed by atoms with Gasteiger partial charge in [-0.05, 0) is 12.1 Å². The van der Waals surface area contributed by atoms with Gasteiger partial charge in [0.25, 0.3) is 0 Å². The Kier molecular flexibility index (Phi) is 2.30. The van der Waals surface area contributed by atoms with Crippen LogP contribution in [0.15, 0.2) is 12.1 Å². The zero-order valence-corrected chi connectivity index (χ0v) is 7.08. The van der Waals surface area contributed by atoms with Gasteiger partial charge in [-0.3, -0.25) is 0 Å². The van der Waals surface area contributed by atoms with Crippen molar-refractivity contribution in [3.8, 4) is 0 Å². The summed E-state index contributed by atoms with van der Waals surface area (Å²) in [4.78, 5) is 0. The van der Waals surface area contributed by atoms with E-state index in [2.05, 4.69) is 0 Å². The molecule has 1 aromatic carbocycles. The van der Waals surface area contributed by atoms with Crippen molar-refractivity contribution in [3.63, 3.8) is 0 Å². The van der Waals surface area contributed by atoms with E-state index in [-0.39, 0.29) is 5.69 Å². The van der Waals surface area contributed by atoms with Crippen LogP contribution in [0.5, 0.6) is 0 Å². The minimum Gasteiger partial charge on any atom is -0.397 e. The van der Waals surface area contributed by atoms with E-state index in [0.717, 1.165) is 6.07 Å². The van der Waals surface area contributed by atoms with E-state index in [1.54, 1.807) is 0 Å². The van der Waals surface area contributed by atoms with Gasteiger partial charge in [0.05, 0.1) is 22.0 Å². The van der Waals surface area contributed by atoms with Crippen LogP contribution in [0.2, 0.25) is 5.02 Å². The molecule has 0 aliphatic carbocycles. The van der Waals surface area contributed by atoms with Crippen LogP contribution < -0.4 is 11.5 Å². The molecule has 0 atom stereocenters. The lowest BCUT2D eigenvalue weighted by Crippen LogP contribution is -2.11. The summed E-state index contributed by atoms with van der Waals surface area (Å²) in [5.74, 6) is 0. The molecular weight excluding hydrogens is 205 g/mol. The number of nitrogen functional groups attached to an aromatic ring is 2. The standard InChI is InChI=1S/C7H6ClF3N2/c8-3-1-2-4(12)6(13)5(3)7(9,10)11/h1-2H,12-13H2. The number of hydrogen-bond acceptors (Lipinski definition) is 2. The number of anilines is 2. The van der Waals surface area contributed by atoms with Crippen LogP contribution in [0.1, 0.15) is 5.56 Å². The highest BCUT2D eigenvalue weighted by atomic mass is 35.5. The molecule has 0 amide bonds. The smallest absolute Gasteiger partial charge is 0.397 e. The highest BCUT2D eigenvalue weighted by Gasteiger charge is 2.36. The lowest BCUT2D eigenvalue weighted by Gasteiger charge is -2.12. The number of hydrogen-bond donors (Lipinski definition) is 2. The minimum atomic E-state index is -4.57. The van der Waals surface area contributed by atoms with Gasteiger partial charge in [0.2, 0.25) is 0 Å². The van der Waals surface area contributed by atoms with Crippen molar-refractivity contribution in [2.75, 3.05) is 11.5 Å². The summed E-state index contributed by atoms with van der Waals surface area (Å²) in [5.41, 5.74) is 8.61. The summed E-state index contributed by atoms with van der Waals surface area (Å²) in [6, 6.07) is 2.29. The van der Waals surface area contributed by atoms with E-state index in [4.69, 9.17) is 23.1 Å². The lowest BCUT2D eigenvalue weighted by molar-refractivity contribution is -0.136. The molecule has 72 valence electrons. The van der Waals surface area contributed by atoms with Gasteiger partial charge in [0.1, 0.15) is 0 Å². The molecule has 0 heterocycles. The number of nitrogens with two attached hydrogens (primary N) is 2. The topological polar surface area (TPSA) is 52.0 Å². The Morgan fingerprint density at radius 3 is 2.08 bits per heavy atom. The average molecular weight is 211 g/mol. The second kappa shape index (κ2) is 2.99. The third-order valence-electron chi connectivity index (χ3n) is 1.51. The number of halogens is 4. The molecule has 0 aliphatic heterocycles. The van der Waals surface area contributed by atoms with Crippen LogP contribution in [-0.4, -0.2) is 0 Å². The highest BCUT2D eigenvalue weighted by Crippen LogP contribution is 2.40. The average Bonchev–Trinajstić information content (AvgIpc) is 1.95. The Bertz CT molecular complexity index is 335. The van der Waals surface area contributed by atoms with Crippen LogP contribution in [-0.2, 0) is 6.18 Å². The molecule has 0 saturated heterocycles. The maximum absolute atomic E-state index is 12.3. The molecular formula is C7H6ClF3N2. The van der Waals surface area contributed by atoms with Gasteiger partial charge < -0.3 is 11.5 Å². The largest absolute Gasteiger partial charge is 0.419 e. The van der Waals surface area contributed by atoms with Crippen molar-refractivity contribution in [3.05, 3.63) is 22.7 Å². The molecule has 0 bridgehead atoms. The Morgan fingerprint density at radius 1 is 1.15 bits per heavy atom. The molecule has 0 aliphatic rings. The monoisotopic (exact) mass is 210 g/mol. The molecule has 2 nitrogen and oxygen atoms in total. The minimum absolute atomic E-state index is 0.128. The predicted octanol–water partition coefficient (Wildman–Crippen LogP) is 2.52. The highest BCUT2D eigenvalue weighted by molar-refractivity contribution is 6.32. The van der Waals surface area contributed by atoms with Crippen LogP contribution in [0, 0.1) is 0 Å². The number of rotatable bonds is 0. The van der Waals surface area contributed by atoms with E-state index in [9.17, 15) is 13.2 Å². The van der Waals surface area contributed by atoms with E-state index < -0.39 is 22.4 Å². The fraction of sp³-hybridized carbons (Fsp3) is 0.143. The van der Waals surface area contributed by atoms with Gasteiger partial charge in [-0.2, -0.15) is 13.2 Å². The summed E-state index contributed by atoms with van der Waals surface area (Å²) in [7, 11) is 0. The first-order valence-electron chi connectivity index (χ1n) is 3.24. The van der Waals surface area contributed by atoms with E-state index in [1.807, 2.05) is 0 Å². The van der Waals surface area contributed by atoms with Gasteiger partial charge in [0, 0.05) is 0 Å². The lowest BCUT2D eigenvalue weighted by atomic mass is 10.1. The molecule has 0 aromatic heterocycles. The molecule has 4 N–H and O–H groups in total. The second-order valence-electron chi connectivity index (χ2n) is 2.42. The normalized spacial score (nSPS) is 11.7. The van der Waals surface area contributed by atoms with Gasteiger partial charge in [0.15, 0.2) is 0 Å². The second-order valence-corrected chi connectivity index (χ2v) is 2.83. The molecule has 1 rings (SSSR count). The molecule has 0 unspecified atom stereocenters. The SMILES string of the molecule is Nc1ccc(Cl)c(C(F)(F)F)c1N. The third kappa shape index (κ3) is 1.80. The van der Waals surface area contributed by atoms with Crippen molar-refractivity contribution >= 4 is 23.0 Å². The van der Waals surface area contributed by atoms with Gasteiger partial charge >= 0.3 is 6.18 Å². The van der Waals surface area contributed by atoms with E-state index in [1.165, 1.54) is 6.07 Å². The first-order valence-corrected chi connectivity index (χ1v) is 3.62. The van der Waals surface area contributed by atoms with Crippen LogP contribution in [0.25, 0.3) is 0 Å². The summed E-state index contributed by atoms with van der Waals surface area (Å²) in [6.45, 7) is 0. The van der Waals surface area contributed by atoms with Crippen molar-refractivity contribution in [2.45, 2.75) is 6.18 Å². The fourth-order valence-electron chi connectivity index (χ4n) is 0.897. The van der Waals surface area contributed by atoms with E-state index >= 15 is 0 Å². The first kappa shape index (κ1) is 9.98. The van der Waals surface area contributed by atoms with Crippen molar-refractivity contribution in [1.82, 2.24) is 0 Å². The van der Waals surface area contributed by atoms with Gasteiger partial charge in [-0.1, -0.05) is 11.6 Å².